The molecule has 1 aliphatic heterocycles. The van der Waals surface area contributed by atoms with E-state index in [-0.39, 0.29) is 6.17 Å². The third kappa shape index (κ3) is 5.07. The Bertz CT molecular complexity index is 3340. The van der Waals surface area contributed by atoms with Crippen LogP contribution in [0.2, 0.25) is 0 Å². The molecule has 2 aliphatic carbocycles. The SMILES string of the molecule is C1=CC(C2=NC(c3ccccc3)=NC(C3=c4c(oc5c(-c6cccc7sc8cccc(-n9c%10ccccc%10c%10ccccc%109)c8c67)cccc45)=CCC3)N2)=CCC1. The second kappa shape index (κ2) is 12.9. The first-order valence-corrected chi connectivity index (χ1v) is 20.6. The van der Waals surface area contributed by atoms with Gasteiger partial charge in [-0.25, -0.2) is 9.98 Å². The molecule has 57 heavy (non-hydrogen) atoms. The van der Waals surface area contributed by atoms with Gasteiger partial charge in [0.25, 0.3) is 0 Å². The molecule has 12 rings (SSSR count). The van der Waals surface area contributed by atoms with Crippen molar-refractivity contribution in [1.82, 2.24) is 9.88 Å². The first-order valence-electron chi connectivity index (χ1n) is 19.8. The quantitative estimate of drug-likeness (QED) is 0.190. The van der Waals surface area contributed by atoms with Crippen LogP contribution in [0, 0.1) is 0 Å². The lowest BCUT2D eigenvalue weighted by Gasteiger charge is -2.26. The molecule has 6 heteroatoms. The zero-order chi connectivity index (χ0) is 37.5. The fraction of sp³-hybridized carbons (Fsp3) is 0.0980. The van der Waals surface area contributed by atoms with Gasteiger partial charge in [0.05, 0.1) is 16.7 Å². The Labute approximate surface area is 332 Å². The smallest absolute Gasteiger partial charge is 0.159 e. The average Bonchev–Trinajstić information content (AvgIpc) is 3.97. The van der Waals surface area contributed by atoms with E-state index in [2.05, 4.69) is 162 Å². The van der Waals surface area contributed by atoms with Crippen molar-refractivity contribution < 1.29 is 4.42 Å². The molecule has 0 saturated heterocycles. The van der Waals surface area contributed by atoms with Gasteiger partial charge in [-0.15, -0.1) is 11.3 Å². The maximum absolute atomic E-state index is 7.00. The van der Waals surface area contributed by atoms with Gasteiger partial charge in [0.1, 0.15) is 23.0 Å². The van der Waals surface area contributed by atoms with Crippen LogP contribution in [0.5, 0.6) is 0 Å². The van der Waals surface area contributed by atoms with Crippen LogP contribution in [0.15, 0.2) is 172 Å². The molecule has 6 aromatic carbocycles. The first kappa shape index (κ1) is 32.5. The van der Waals surface area contributed by atoms with Crippen molar-refractivity contribution in [1.29, 1.82) is 0 Å². The number of nitrogens with zero attached hydrogens (tertiary/aromatic N) is 3. The Hall–Kier alpha value is -6.76. The normalized spacial score (nSPS) is 16.8. The van der Waals surface area contributed by atoms with E-state index >= 15 is 0 Å². The minimum Gasteiger partial charge on any atom is -0.456 e. The van der Waals surface area contributed by atoms with Gasteiger partial charge < -0.3 is 14.3 Å². The van der Waals surface area contributed by atoms with Crippen LogP contribution in [0.4, 0.5) is 0 Å². The molecule has 0 radical (unpaired) electrons. The fourth-order valence-electron chi connectivity index (χ4n) is 9.30. The van der Waals surface area contributed by atoms with E-state index < -0.39 is 0 Å². The summed E-state index contributed by atoms with van der Waals surface area (Å²) in [6, 6.07) is 48.0. The molecule has 1 N–H and O–H groups in total. The summed E-state index contributed by atoms with van der Waals surface area (Å²) in [7, 11) is 0. The fourth-order valence-corrected chi connectivity index (χ4v) is 10.5. The highest BCUT2D eigenvalue weighted by molar-refractivity contribution is 7.26. The number of allylic oxidation sites excluding steroid dienone is 2. The molecule has 0 saturated carbocycles. The van der Waals surface area contributed by atoms with Crippen molar-refractivity contribution in [3.05, 3.63) is 173 Å². The molecule has 3 aromatic heterocycles. The van der Waals surface area contributed by atoms with Gasteiger partial charge in [-0.3, -0.25) is 0 Å². The summed E-state index contributed by atoms with van der Waals surface area (Å²) in [6.07, 6.45) is 12.5. The van der Waals surface area contributed by atoms with Crippen LogP contribution < -0.4 is 16.0 Å². The topological polar surface area (TPSA) is 54.8 Å². The largest absolute Gasteiger partial charge is 0.456 e. The zero-order valence-electron chi connectivity index (χ0n) is 31.1. The summed E-state index contributed by atoms with van der Waals surface area (Å²) in [5.74, 6) is 1.62. The lowest BCUT2D eigenvalue weighted by atomic mass is 9.95. The minimum absolute atomic E-state index is 0.279. The first-order chi connectivity index (χ1) is 28.3. The molecule has 272 valence electrons. The van der Waals surface area contributed by atoms with Crippen molar-refractivity contribution in [2.45, 2.75) is 31.8 Å². The van der Waals surface area contributed by atoms with E-state index in [0.717, 1.165) is 75.7 Å². The number of rotatable bonds is 5. The van der Waals surface area contributed by atoms with Crippen LogP contribution in [-0.4, -0.2) is 22.4 Å². The van der Waals surface area contributed by atoms with Crippen LogP contribution in [0.3, 0.4) is 0 Å². The summed E-state index contributed by atoms with van der Waals surface area (Å²) in [4.78, 5) is 10.4. The van der Waals surface area contributed by atoms with E-state index in [9.17, 15) is 0 Å². The number of thiophene rings is 1. The number of amidine groups is 2. The van der Waals surface area contributed by atoms with Crippen LogP contribution in [0.25, 0.3) is 81.4 Å². The van der Waals surface area contributed by atoms with Crippen molar-refractivity contribution in [2.24, 2.45) is 9.98 Å². The molecule has 9 aromatic rings. The van der Waals surface area contributed by atoms with Crippen LogP contribution in [0.1, 0.15) is 31.2 Å². The van der Waals surface area contributed by atoms with E-state index in [0.29, 0.717) is 0 Å². The van der Waals surface area contributed by atoms with Crippen molar-refractivity contribution in [3.8, 4) is 16.8 Å². The summed E-state index contributed by atoms with van der Waals surface area (Å²) in [5.41, 5.74) is 11.1. The molecule has 0 bridgehead atoms. The number of aromatic nitrogens is 1. The Morgan fingerprint density at radius 2 is 1.37 bits per heavy atom. The number of hydrogen-bond donors (Lipinski definition) is 1. The molecular formula is C51H36N4OS. The van der Waals surface area contributed by atoms with Gasteiger partial charge in [-0.1, -0.05) is 121 Å². The Morgan fingerprint density at radius 1 is 0.649 bits per heavy atom. The summed E-state index contributed by atoms with van der Waals surface area (Å²) in [5, 5.41) is 11.1. The van der Waals surface area contributed by atoms with Crippen LogP contribution >= 0.6 is 11.3 Å². The molecule has 1 atom stereocenters. The van der Waals surface area contributed by atoms with Crippen molar-refractivity contribution in [2.75, 3.05) is 0 Å². The molecule has 0 amide bonds. The highest BCUT2D eigenvalue weighted by atomic mass is 32.1. The molecule has 0 fully saturated rings. The van der Waals surface area contributed by atoms with E-state index in [1.807, 2.05) is 17.4 Å². The molecule has 3 aliphatic rings. The third-order valence-electron chi connectivity index (χ3n) is 11.8. The lowest BCUT2D eigenvalue weighted by molar-refractivity contribution is 0.569. The van der Waals surface area contributed by atoms with Crippen molar-refractivity contribution in [3.63, 3.8) is 0 Å². The van der Waals surface area contributed by atoms with Gasteiger partial charge in [0, 0.05) is 58.2 Å². The highest BCUT2D eigenvalue weighted by Gasteiger charge is 2.27. The number of fused-ring (bicyclic) bond motifs is 9. The number of benzene rings is 6. The summed E-state index contributed by atoms with van der Waals surface area (Å²) in [6.45, 7) is 0. The predicted molar refractivity (Wildman–Crippen MR) is 239 cm³/mol. The van der Waals surface area contributed by atoms with Gasteiger partial charge in [0.15, 0.2) is 5.84 Å². The minimum atomic E-state index is -0.279. The highest BCUT2D eigenvalue weighted by Crippen LogP contribution is 2.45. The number of nitrogens with one attached hydrogen (secondary N) is 1. The van der Waals surface area contributed by atoms with E-state index in [1.165, 1.54) is 58.8 Å². The summed E-state index contributed by atoms with van der Waals surface area (Å²) >= 11 is 1.86. The second-order valence-corrected chi connectivity index (χ2v) is 16.1. The van der Waals surface area contributed by atoms with Crippen molar-refractivity contribution >= 4 is 87.6 Å². The molecule has 1 unspecified atom stereocenters. The van der Waals surface area contributed by atoms with Gasteiger partial charge in [-0.05, 0) is 73.2 Å². The average molecular weight is 753 g/mol. The Kier molecular flexibility index (Phi) is 7.35. The monoisotopic (exact) mass is 752 g/mol. The maximum Gasteiger partial charge on any atom is 0.159 e. The predicted octanol–water partition coefficient (Wildman–Crippen LogP) is 11.3. The molecular weight excluding hydrogens is 717 g/mol. The third-order valence-corrected chi connectivity index (χ3v) is 12.9. The maximum atomic E-state index is 7.00. The van der Waals surface area contributed by atoms with E-state index in [4.69, 9.17) is 14.4 Å². The lowest BCUT2D eigenvalue weighted by Crippen LogP contribution is -2.43. The molecule has 4 heterocycles. The van der Waals surface area contributed by atoms with Gasteiger partial charge in [-0.2, -0.15) is 0 Å². The second-order valence-electron chi connectivity index (χ2n) is 15.1. The van der Waals surface area contributed by atoms with Gasteiger partial charge in [0.2, 0.25) is 0 Å². The molecule has 0 spiro atoms. The number of hydrogen-bond acceptors (Lipinski definition) is 5. The molecule has 5 nitrogen and oxygen atoms in total. The summed E-state index contributed by atoms with van der Waals surface area (Å²) < 4.78 is 12.0. The number of furan rings is 1. The zero-order valence-corrected chi connectivity index (χ0v) is 31.9. The number of aliphatic imine (C=N–C) groups is 2. The standard InChI is InChI=1S/C51H36N4OS/c1-3-15-31(16-4-1)49-52-50(32-17-5-2-6-18-32)54-51(53-49)38-24-12-28-42-45(38)37-23-11-22-36(48(37)56-42)35-21-13-29-43-46(35)47-41(27-14-30-44(47)57-43)55-39-25-9-7-19-33(39)34-20-8-10-26-40(34)55/h1,3-5,7-11,13-23,25-30,51H,2,6,12,24H2,(H,52,53,54). The van der Waals surface area contributed by atoms with Gasteiger partial charge >= 0.3 is 0 Å². The Morgan fingerprint density at radius 3 is 2.18 bits per heavy atom. The van der Waals surface area contributed by atoms with Crippen LogP contribution in [-0.2, 0) is 0 Å². The Balaban J connectivity index is 1.08. The number of para-hydroxylation sites is 3. The van der Waals surface area contributed by atoms with E-state index in [1.54, 1.807) is 0 Å².